The van der Waals surface area contributed by atoms with Gasteiger partial charge in [-0.05, 0) is 40.8 Å². The largest absolute Gasteiger partial charge is 0.465 e. The number of furan rings is 1. The predicted octanol–water partition coefficient (Wildman–Crippen LogP) is 3.17. The maximum atomic E-state index is 12.2. The third kappa shape index (κ3) is 6.16. The Morgan fingerprint density at radius 2 is 2.00 bits per heavy atom. The van der Waals surface area contributed by atoms with E-state index in [9.17, 15) is 8.78 Å². The van der Waals surface area contributed by atoms with E-state index < -0.39 is 6.43 Å². The zero-order valence-corrected chi connectivity index (χ0v) is 12.4. The molecule has 0 atom stereocenters. The number of nitrogens with one attached hydrogen (secondary N) is 1. The van der Waals surface area contributed by atoms with E-state index in [0.717, 1.165) is 23.6 Å². The topological polar surface area (TPSA) is 28.4 Å². The van der Waals surface area contributed by atoms with Crippen LogP contribution in [-0.2, 0) is 13.1 Å². The lowest BCUT2D eigenvalue weighted by atomic mass is 10.1. The van der Waals surface area contributed by atoms with E-state index in [0.29, 0.717) is 6.54 Å². The van der Waals surface area contributed by atoms with Crippen LogP contribution in [0.5, 0.6) is 0 Å². The van der Waals surface area contributed by atoms with Gasteiger partial charge in [-0.25, -0.2) is 8.78 Å². The summed E-state index contributed by atoms with van der Waals surface area (Å²) < 4.78 is 30.1. The molecule has 0 aliphatic heterocycles. The molecule has 0 spiro atoms. The highest BCUT2D eigenvalue weighted by molar-refractivity contribution is 5.20. The van der Waals surface area contributed by atoms with Crippen molar-refractivity contribution in [3.63, 3.8) is 0 Å². The molecule has 0 unspecified atom stereocenters. The standard InChI is InChI=1S/C14H24F2N2O/c1-10-11(7-17-14(2,3)4)6-12(19-10)8-18(5)9-13(15)16/h6,13,17H,7-9H2,1-5H3. The van der Waals surface area contributed by atoms with E-state index in [4.69, 9.17) is 4.42 Å². The van der Waals surface area contributed by atoms with E-state index in [-0.39, 0.29) is 12.1 Å². The molecule has 0 aromatic carbocycles. The van der Waals surface area contributed by atoms with Crippen LogP contribution in [0, 0.1) is 6.92 Å². The van der Waals surface area contributed by atoms with Gasteiger partial charge in [0.2, 0.25) is 0 Å². The molecule has 19 heavy (non-hydrogen) atoms. The Labute approximate surface area is 114 Å². The Morgan fingerprint density at radius 3 is 2.53 bits per heavy atom. The summed E-state index contributed by atoms with van der Waals surface area (Å²) >= 11 is 0. The minimum Gasteiger partial charge on any atom is -0.465 e. The highest BCUT2D eigenvalue weighted by Crippen LogP contribution is 2.17. The smallest absolute Gasteiger partial charge is 0.251 e. The molecule has 1 aromatic heterocycles. The van der Waals surface area contributed by atoms with Gasteiger partial charge in [0.1, 0.15) is 11.5 Å². The van der Waals surface area contributed by atoms with Crippen molar-refractivity contribution in [3.8, 4) is 0 Å². The Hall–Kier alpha value is -0.940. The van der Waals surface area contributed by atoms with Crippen LogP contribution >= 0.6 is 0 Å². The number of hydrogen-bond acceptors (Lipinski definition) is 3. The third-order valence-electron chi connectivity index (χ3n) is 2.76. The number of halogens is 2. The average molecular weight is 274 g/mol. The van der Waals surface area contributed by atoms with Crippen LogP contribution in [0.15, 0.2) is 10.5 Å². The average Bonchev–Trinajstić information content (AvgIpc) is 2.53. The fourth-order valence-corrected chi connectivity index (χ4v) is 1.77. The molecule has 0 fully saturated rings. The zero-order chi connectivity index (χ0) is 14.6. The van der Waals surface area contributed by atoms with Gasteiger partial charge in [-0.15, -0.1) is 0 Å². The Morgan fingerprint density at radius 1 is 1.37 bits per heavy atom. The summed E-state index contributed by atoms with van der Waals surface area (Å²) in [5, 5.41) is 3.38. The number of alkyl halides is 2. The van der Waals surface area contributed by atoms with Crippen molar-refractivity contribution in [1.29, 1.82) is 0 Å². The second-order valence-electron chi connectivity index (χ2n) is 5.99. The quantitative estimate of drug-likeness (QED) is 0.863. The van der Waals surface area contributed by atoms with E-state index in [1.54, 1.807) is 11.9 Å². The second-order valence-corrected chi connectivity index (χ2v) is 5.99. The first kappa shape index (κ1) is 16.1. The van der Waals surface area contributed by atoms with Gasteiger partial charge in [0.05, 0.1) is 13.1 Å². The van der Waals surface area contributed by atoms with Gasteiger partial charge >= 0.3 is 0 Å². The van der Waals surface area contributed by atoms with Crippen molar-refractivity contribution in [2.24, 2.45) is 0 Å². The predicted molar refractivity (Wildman–Crippen MR) is 72.4 cm³/mol. The molecule has 0 bridgehead atoms. The lowest BCUT2D eigenvalue weighted by molar-refractivity contribution is 0.0945. The molecule has 0 aliphatic rings. The highest BCUT2D eigenvalue weighted by Gasteiger charge is 2.14. The highest BCUT2D eigenvalue weighted by atomic mass is 19.3. The van der Waals surface area contributed by atoms with Gasteiger partial charge in [0.15, 0.2) is 0 Å². The minimum atomic E-state index is -2.32. The van der Waals surface area contributed by atoms with Gasteiger partial charge in [-0.3, -0.25) is 4.90 Å². The Bertz CT molecular complexity index is 397. The molecule has 0 saturated carbocycles. The Kier molecular flexibility index (Phi) is 5.50. The molecule has 110 valence electrons. The molecule has 0 radical (unpaired) electrons. The van der Waals surface area contributed by atoms with Gasteiger partial charge in [0.25, 0.3) is 6.43 Å². The maximum absolute atomic E-state index is 12.2. The lowest BCUT2D eigenvalue weighted by Crippen LogP contribution is -2.35. The molecule has 0 aliphatic carbocycles. The lowest BCUT2D eigenvalue weighted by Gasteiger charge is -2.20. The fourth-order valence-electron chi connectivity index (χ4n) is 1.77. The molecule has 1 aromatic rings. The molecule has 3 nitrogen and oxygen atoms in total. The second kappa shape index (κ2) is 6.48. The Balaban J connectivity index is 2.58. The number of hydrogen-bond donors (Lipinski definition) is 1. The third-order valence-corrected chi connectivity index (χ3v) is 2.76. The molecular weight excluding hydrogens is 250 g/mol. The van der Waals surface area contributed by atoms with Crippen LogP contribution in [0.3, 0.4) is 0 Å². The number of aryl methyl sites for hydroxylation is 1. The van der Waals surface area contributed by atoms with Gasteiger partial charge < -0.3 is 9.73 Å². The normalized spacial score (nSPS) is 12.7. The summed E-state index contributed by atoms with van der Waals surface area (Å²) in [4.78, 5) is 1.56. The maximum Gasteiger partial charge on any atom is 0.251 e. The van der Waals surface area contributed by atoms with E-state index in [2.05, 4.69) is 26.1 Å². The fraction of sp³-hybridized carbons (Fsp3) is 0.714. The van der Waals surface area contributed by atoms with Gasteiger partial charge in [0, 0.05) is 17.6 Å². The van der Waals surface area contributed by atoms with E-state index in [1.165, 1.54) is 0 Å². The molecule has 1 heterocycles. The molecule has 0 saturated heterocycles. The van der Waals surface area contributed by atoms with Crippen LogP contribution in [0.1, 0.15) is 37.9 Å². The van der Waals surface area contributed by atoms with Gasteiger partial charge in [-0.2, -0.15) is 0 Å². The van der Waals surface area contributed by atoms with Crippen molar-refractivity contribution < 1.29 is 13.2 Å². The molecule has 0 amide bonds. The van der Waals surface area contributed by atoms with Gasteiger partial charge in [-0.1, -0.05) is 0 Å². The van der Waals surface area contributed by atoms with Crippen molar-refractivity contribution in [2.75, 3.05) is 13.6 Å². The molecular formula is C14H24F2N2O. The summed E-state index contributed by atoms with van der Waals surface area (Å²) in [6, 6.07) is 1.94. The van der Waals surface area contributed by atoms with E-state index >= 15 is 0 Å². The SMILES string of the molecule is Cc1oc(CN(C)CC(F)F)cc1CNC(C)(C)C. The van der Waals surface area contributed by atoms with Crippen molar-refractivity contribution in [3.05, 3.63) is 23.2 Å². The summed E-state index contributed by atoms with van der Waals surface area (Å²) in [5.41, 5.74) is 1.12. The number of rotatable bonds is 6. The van der Waals surface area contributed by atoms with Crippen molar-refractivity contribution in [2.45, 2.75) is 52.7 Å². The first-order valence-electron chi connectivity index (χ1n) is 6.47. The van der Waals surface area contributed by atoms with Crippen LogP contribution in [0.25, 0.3) is 0 Å². The van der Waals surface area contributed by atoms with Crippen LogP contribution in [0.4, 0.5) is 8.78 Å². The van der Waals surface area contributed by atoms with Crippen LogP contribution in [0.2, 0.25) is 0 Å². The molecule has 1 rings (SSSR count). The van der Waals surface area contributed by atoms with Crippen molar-refractivity contribution >= 4 is 0 Å². The van der Waals surface area contributed by atoms with Crippen molar-refractivity contribution in [1.82, 2.24) is 10.2 Å². The first-order chi connectivity index (χ1) is 8.67. The number of nitrogens with zero attached hydrogens (tertiary/aromatic N) is 1. The van der Waals surface area contributed by atoms with Crippen LogP contribution in [-0.4, -0.2) is 30.5 Å². The summed E-state index contributed by atoms with van der Waals surface area (Å²) in [7, 11) is 1.66. The first-order valence-corrected chi connectivity index (χ1v) is 6.47. The molecule has 1 N–H and O–H groups in total. The van der Waals surface area contributed by atoms with E-state index in [1.807, 2.05) is 13.0 Å². The summed E-state index contributed by atoms with van der Waals surface area (Å²) in [6.45, 7) is 9.07. The summed E-state index contributed by atoms with van der Waals surface area (Å²) in [6.07, 6.45) is -2.32. The monoisotopic (exact) mass is 274 g/mol. The minimum absolute atomic E-state index is 0.0380. The van der Waals surface area contributed by atoms with Crippen LogP contribution < -0.4 is 5.32 Å². The summed E-state index contributed by atoms with van der Waals surface area (Å²) in [5.74, 6) is 1.57. The molecule has 5 heteroatoms. The zero-order valence-electron chi connectivity index (χ0n) is 12.4.